The van der Waals surface area contributed by atoms with Gasteiger partial charge in [-0.05, 0) is 6.92 Å². The van der Waals surface area contributed by atoms with Crippen molar-refractivity contribution in [1.82, 2.24) is 4.90 Å². The molecular weight excluding hydrogens is 212 g/mol. The van der Waals surface area contributed by atoms with Crippen LogP contribution >= 0.6 is 11.8 Å². The van der Waals surface area contributed by atoms with Crippen molar-refractivity contribution in [3.8, 4) is 0 Å². The van der Waals surface area contributed by atoms with Gasteiger partial charge in [-0.3, -0.25) is 4.79 Å². The normalized spacial score (nSPS) is 36.9. The second-order valence-electron chi connectivity index (χ2n) is 4.44. The Balaban J connectivity index is 2.05. The largest absolute Gasteiger partial charge is 0.379 e. The molecule has 0 aliphatic carbocycles. The Kier molecular flexibility index (Phi) is 3.23. The quantitative estimate of drug-likeness (QED) is 0.685. The molecule has 0 bridgehead atoms. The van der Waals surface area contributed by atoms with E-state index in [2.05, 4.69) is 0 Å². The Labute approximate surface area is 94.5 Å². The maximum absolute atomic E-state index is 12.3. The van der Waals surface area contributed by atoms with Crippen LogP contribution in [0.3, 0.4) is 0 Å². The van der Waals surface area contributed by atoms with Crippen LogP contribution < -0.4 is 5.73 Å². The molecule has 86 valence electrons. The highest BCUT2D eigenvalue weighted by atomic mass is 32.2. The van der Waals surface area contributed by atoms with E-state index >= 15 is 0 Å². The van der Waals surface area contributed by atoms with Gasteiger partial charge in [-0.1, -0.05) is 0 Å². The first-order chi connectivity index (χ1) is 7.14. The van der Waals surface area contributed by atoms with Gasteiger partial charge in [-0.25, -0.2) is 0 Å². The van der Waals surface area contributed by atoms with Gasteiger partial charge in [-0.2, -0.15) is 11.8 Å². The lowest BCUT2D eigenvalue weighted by molar-refractivity contribution is -0.141. The number of nitrogens with zero attached hydrogens (tertiary/aromatic N) is 1. The maximum Gasteiger partial charge on any atom is 0.232 e. The molecule has 2 N–H and O–H groups in total. The summed E-state index contributed by atoms with van der Waals surface area (Å²) in [4.78, 5) is 14.2. The summed E-state index contributed by atoms with van der Waals surface area (Å²) in [6.07, 6.45) is 0. The number of ether oxygens (including phenoxy) is 1. The lowest BCUT2D eigenvalue weighted by Crippen LogP contribution is -2.53. The molecule has 2 heterocycles. The summed E-state index contributed by atoms with van der Waals surface area (Å²) < 4.78 is 5.31. The van der Waals surface area contributed by atoms with Crippen LogP contribution in [0.2, 0.25) is 0 Å². The lowest BCUT2D eigenvalue weighted by Gasteiger charge is -2.35. The molecule has 0 spiro atoms. The number of hydrogen-bond donors (Lipinski definition) is 1. The minimum Gasteiger partial charge on any atom is -0.379 e. The van der Waals surface area contributed by atoms with E-state index in [0.29, 0.717) is 13.2 Å². The first-order valence-electron chi connectivity index (χ1n) is 5.35. The average molecular weight is 230 g/mol. The van der Waals surface area contributed by atoms with Gasteiger partial charge in [0.2, 0.25) is 5.91 Å². The van der Waals surface area contributed by atoms with E-state index in [9.17, 15) is 4.79 Å². The second kappa shape index (κ2) is 4.31. The van der Waals surface area contributed by atoms with Crippen molar-refractivity contribution < 1.29 is 9.53 Å². The van der Waals surface area contributed by atoms with Crippen LogP contribution in [0.25, 0.3) is 0 Å². The standard InChI is InChI=1S/C10H18N2O2S/c1-10(7-14-6-8(10)11)9(13)12-2-4-15-5-3-12/h8H,2-7,11H2,1H3. The Hall–Kier alpha value is -0.260. The first-order valence-corrected chi connectivity index (χ1v) is 6.50. The third kappa shape index (κ3) is 2.00. The molecule has 2 unspecified atom stereocenters. The predicted molar refractivity (Wildman–Crippen MR) is 60.8 cm³/mol. The minimum absolute atomic E-state index is 0.153. The fourth-order valence-corrected chi connectivity index (χ4v) is 2.94. The van der Waals surface area contributed by atoms with Crippen molar-refractivity contribution in [2.45, 2.75) is 13.0 Å². The zero-order valence-electron chi connectivity index (χ0n) is 9.07. The van der Waals surface area contributed by atoms with E-state index in [1.54, 1.807) is 0 Å². The molecular formula is C10H18N2O2S. The first kappa shape index (κ1) is 11.2. The van der Waals surface area contributed by atoms with E-state index in [1.807, 2.05) is 23.6 Å². The number of thioether (sulfide) groups is 1. The lowest BCUT2D eigenvalue weighted by atomic mass is 9.84. The topological polar surface area (TPSA) is 55.6 Å². The molecule has 0 aromatic heterocycles. The molecule has 2 aliphatic rings. The Morgan fingerprint density at radius 3 is 2.73 bits per heavy atom. The minimum atomic E-state index is -0.498. The maximum atomic E-state index is 12.3. The molecule has 2 saturated heterocycles. The van der Waals surface area contributed by atoms with Crippen molar-refractivity contribution in [3.63, 3.8) is 0 Å². The molecule has 15 heavy (non-hydrogen) atoms. The highest BCUT2D eigenvalue weighted by Gasteiger charge is 2.46. The molecule has 0 radical (unpaired) electrons. The Bertz CT molecular complexity index is 256. The summed E-state index contributed by atoms with van der Waals surface area (Å²) in [5.74, 6) is 2.25. The zero-order chi connectivity index (χ0) is 10.9. The van der Waals surface area contributed by atoms with Gasteiger partial charge < -0.3 is 15.4 Å². The molecule has 1 amide bonds. The zero-order valence-corrected chi connectivity index (χ0v) is 9.89. The number of carbonyl (C=O) groups excluding carboxylic acids is 1. The number of rotatable bonds is 1. The third-order valence-corrected chi connectivity index (χ3v) is 4.25. The third-order valence-electron chi connectivity index (χ3n) is 3.30. The summed E-state index contributed by atoms with van der Waals surface area (Å²) in [6, 6.07) is -0.153. The van der Waals surface area contributed by atoms with Gasteiger partial charge >= 0.3 is 0 Å². The van der Waals surface area contributed by atoms with Crippen molar-refractivity contribution in [2.75, 3.05) is 37.8 Å². The van der Waals surface area contributed by atoms with Gasteiger partial charge in [0.15, 0.2) is 0 Å². The van der Waals surface area contributed by atoms with Crippen LogP contribution in [0, 0.1) is 5.41 Å². The monoisotopic (exact) mass is 230 g/mol. The summed E-state index contributed by atoms with van der Waals surface area (Å²) in [7, 11) is 0. The predicted octanol–water partition coefficient (Wildman–Crippen LogP) is -0.0744. The Morgan fingerprint density at radius 2 is 2.20 bits per heavy atom. The van der Waals surface area contributed by atoms with Crippen molar-refractivity contribution in [1.29, 1.82) is 0 Å². The average Bonchev–Trinajstić information content (AvgIpc) is 2.61. The molecule has 2 aliphatic heterocycles. The number of nitrogens with two attached hydrogens (primary N) is 1. The van der Waals surface area contributed by atoms with Gasteiger partial charge in [-0.15, -0.1) is 0 Å². The molecule has 2 atom stereocenters. The van der Waals surface area contributed by atoms with Gasteiger partial charge in [0.25, 0.3) is 0 Å². The molecule has 2 rings (SSSR count). The molecule has 0 aromatic carbocycles. The summed E-state index contributed by atoms with van der Waals surface area (Å²) >= 11 is 1.90. The Morgan fingerprint density at radius 1 is 1.53 bits per heavy atom. The fraction of sp³-hybridized carbons (Fsp3) is 0.900. The van der Waals surface area contributed by atoms with E-state index in [4.69, 9.17) is 10.5 Å². The number of hydrogen-bond acceptors (Lipinski definition) is 4. The van der Waals surface area contributed by atoms with E-state index in [1.165, 1.54) is 0 Å². The van der Waals surface area contributed by atoms with Crippen molar-refractivity contribution in [2.24, 2.45) is 11.1 Å². The van der Waals surface area contributed by atoms with Crippen LogP contribution in [-0.4, -0.2) is 54.7 Å². The van der Waals surface area contributed by atoms with Crippen LogP contribution in [0.5, 0.6) is 0 Å². The van der Waals surface area contributed by atoms with Gasteiger partial charge in [0.1, 0.15) is 0 Å². The van der Waals surface area contributed by atoms with E-state index in [0.717, 1.165) is 24.6 Å². The van der Waals surface area contributed by atoms with Crippen molar-refractivity contribution >= 4 is 17.7 Å². The molecule has 0 aromatic rings. The van der Waals surface area contributed by atoms with Crippen LogP contribution in [0.4, 0.5) is 0 Å². The van der Waals surface area contributed by atoms with E-state index in [-0.39, 0.29) is 11.9 Å². The van der Waals surface area contributed by atoms with Crippen LogP contribution in [0.1, 0.15) is 6.92 Å². The van der Waals surface area contributed by atoms with Gasteiger partial charge in [0.05, 0.1) is 18.6 Å². The number of carbonyl (C=O) groups is 1. The van der Waals surface area contributed by atoms with Crippen LogP contribution in [-0.2, 0) is 9.53 Å². The highest BCUT2D eigenvalue weighted by Crippen LogP contribution is 2.30. The smallest absolute Gasteiger partial charge is 0.232 e. The fourth-order valence-electron chi connectivity index (χ4n) is 2.04. The summed E-state index contributed by atoms with van der Waals surface area (Å²) in [5.41, 5.74) is 5.45. The van der Waals surface area contributed by atoms with Crippen molar-refractivity contribution in [3.05, 3.63) is 0 Å². The molecule has 0 saturated carbocycles. The van der Waals surface area contributed by atoms with E-state index < -0.39 is 5.41 Å². The van der Waals surface area contributed by atoms with Crippen LogP contribution in [0.15, 0.2) is 0 Å². The molecule has 2 fully saturated rings. The van der Waals surface area contributed by atoms with Gasteiger partial charge in [0, 0.05) is 30.6 Å². The SMILES string of the molecule is CC1(C(=O)N2CCSCC2)COCC1N. The summed E-state index contributed by atoms with van der Waals surface area (Å²) in [6.45, 7) is 4.61. The molecule has 4 nitrogen and oxygen atoms in total. The molecule has 5 heteroatoms. The summed E-state index contributed by atoms with van der Waals surface area (Å²) in [5, 5.41) is 0. The number of amides is 1. The second-order valence-corrected chi connectivity index (χ2v) is 5.67. The highest BCUT2D eigenvalue weighted by molar-refractivity contribution is 7.99.